The van der Waals surface area contributed by atoms with E-state index in [4.69, 9.17) is 10.1 Å². The molecule has 1 aromatic rings. The van der Waals surface area contributed by atoms with Crippen LogP contribution in [0.1, 0.15) is 18.4 Å². The highest BCUT2D eigenvalue weighted by Gasteiger charge is 2.21. The largest absolute Gasteiger partial charge is 0.495 e. The van der Waals surface area contributed by atoms with E-state index in [9.17, 15) is 0 Å². The van der Waals surface area contributed by atoms with Gasteiger partial charge in [-0.15, -0.1) is 0 Å². The van der Waals surface area contributed by atoms with Gasteiger partial charge in [0.15, 0.2) is 0 Å². The van der Waals surface area contributed by atoms with Crippen LogP contribution >= 0.6 is 0 Å². The Hall–Kier alpha value is -1.51. The number of rotatable bonds is 2. The summed E-state index contributed by atoms with van der Waals surface area (Å²) in [5, 5.41) is 7.86. The Balaban J connectivity index is 2.40. The molecule has 1 aliphatic heterocycles. The Morgan fingerprint density at radius 2 is 2.20 bits per heavy atom. The number of hydrogen-bond donors (Lipinski definition) is 1. The van der Waals surface area contributed by atoms with E-state index in [0.717, 1.165) is 30.8 Å². The van der Waals surface area contributed by atoms with Crippen LogP contribution in [0.15, 0.2) is 18.2 Å². The van der Waals surface area contributed by atoms with Gasteiger partial charge in [-0.1, -0.05) is 6.07 Å². The van der Waals surface area contributed by atoms with Crippen molar-refractivity contribution >= 4 is 11.5 Å². The molecule has 1 saturated heterocycles. The first-order valence-corrected chi connectivity index (χ1v) is 5.22. The van der Waals surface area contributed by atoms with Crippen molar-refractivity contribution in [3.8, 4) is 5.75 Å². The predicted molar refractivity (Wildman–Crippen MR) is 62.0 cm³/mol. The third-order valence-electron chi connectivity index (χ3n) is 2.75. The standard InChI is InChI=1S/C12H16N2O/c1-9-5-6-11(15-2)10(8-9)14-7-3-4-12(14)13/h5-6,8,13H,3-4,7H2,1-2H3. The summed E-state index contributed by atoms with van der Waals surface area (Å²) in [5.41, 5.74) is 2.23. The van der Waals surface area contributed by atoms with Gasteiger partial charge in [0.05, 0.1) is 12.8 Å². The van der Waals surface area contributed by atoms with Crippen molar-refractivity contribution < 1.29 is 4.74 Å². The molecule has 1 aromatic carbocycles. The molecule has 1 aliphatic rings. The zero-order valence-electron chi connectivity index (χ0n) is 9.21. The molecule has 1 N–H and O–H groups in total. The molecule has 0 unspecified atom stereocenters. The van der Waals surface area contributed by atoms with Crippen LogP contribution in [0.3, 0.4) is 0 Å². The Labute approximate surface area is 90.2 Å². The van der Waals surface area contributed by atoms with Crippen LogP contribution in [0.5, 0.6) is 5.75 Å². The third kappa shape index (κ3) is 1.82. The first-order valence-electron chi connectivity index (χ1n) is 5.22. The molecule has 0 aromatic heterocycles. The average Bonchev–Trinajstić information content (AvgIpc) is 2.64. The normalized spacial score (nSPS) is 15.9. The second-order valence-corrected chi connectivity index (χ2v) is 3.88. The van der Waals surface area contributed by atoms with E-state index in [-0.39, 0.29) is 0 Å². The summed E-state index contributed by atoms with van der Waals surface area (Å²) in [6.45, 7) is 2.99. The van der Waals surface area contributed by atoms with Crippen molar-refractivity contribution in [2.75, 3.05) is 18.6 Å². The Bertz CT molecular complexity index is 387. The fraction of sp³-hybridized carbons (Fsp3) is 0.417. The topological polar surface area (TPSA) is 36.3 Å². The molecule has 0 amide bonds. The van der Waals surface area contributed by atoms with Crippen LogP contribution in [-0.4, -0.2) is 19.5 Å². The number of benzene rings is 1. The summed E-state index contributed by atoms with van der Waals surface area (Å²) in [4.78, 5) is 2.03. The second kappa shape index (κ2) is 3.93. The minimum absolute atomic E-state index is 0.693. The average molecular weight is 204 g/mol. The highest BCUT2D eigenvalue weighted by atomic mass is 16.5. The minimum atomic E-state index is 0.693. The molecule has 3 nitrogen and oxygen atoms in total. The van der Waals surface area contributed by atoms with Gasteiger partial charge in [-0.05, 0) is 31.0 Å². The molecule has 80 valence electrons. The summed E-state index contributed by atoms with van der Waals surface area (Å²) in [6.07, 6.45) is 1.94. The van der Waals surface area contributed by atoms with Crippen molar-refractivity contribution in [2.24, 2.45) is 0 Å². The molecule has 2 rings (SSSR count). The lowest BCUT2D eigenvalue weighted by atomic mass is 10.2. The van der Waals surface area contributed by atoms with Crippen molar-refractivity contribution in [2.45, 2.75) is 19.8 Å². The van der Waals surface area contributed by atoms with Crippen LogP contribution < -0.4 is 9.64 Å². The lowest BCUT2D eigenvalue weighted by molar-refractivity contribution is 0.415. The van der Waals surface area contributed by atoms with Crippen molar-refractivity contribution in [1.82, 2.24) is 0 Å². The minimum Gasteiger partial charge on any atom is -0.495 e. The van der Waals surface area contributed by atoms with Gasteiger partial charge in [-0.25, -0.2) is 0 Å². The van der Waals surface area contributed by atoms with Crippen molar-refractivity contribution in [3.05, 3.63) is 23.8 Å². The van der Waals surface area contributed by atoms with Gasteiger partial charge in [-0.2, -0.15) is 0 Å². The molecule has 0 saturated carbocycles. The van der Waals surface area contributed by atoms with E-state index in [1.807, 2.05) is 17.0 Å². The van der Waals surface area contributed by atoms with Gasteiger partial charge in [0, 0.05) is 13.0 Å². The van der Waals surface area contributed by atoms with Gasteiger partial charge in [0.25, 0.3) is 0 Å². The first-order chi connectivity index (χ1) is 7.22. The van der Waals surface area contributed by atoms with Gasteiger partial charge < -0.3 is 9.64 Å². The number of amidine groups is 1. The van der Waals surface area contributed by atoms with Gasteiger partial charge in [0.2, 0.25) is 0 Å². The third-order valence-corrected chi connectivity index (χ3v) is 2.75. The SMILES string of the molecule is COc1ccc(C)cc1N1CCCC1=N. The Morgan fingerprint density at radius 1 is 1.40 bits per heavy atom. The van der Waals surface area contributed by atoms with Gasteiger partial charge >= 0.3 is 0 Å². The first kappa shape index (κ1) is 10.0. The molecule has 1 fully saturated rings. The predicted octanol–water partition coefficient (Wildman–Crippen LogP) is 2.58. The van der Waals surface area contributed by atoms with Crippen LogP contribution in [-0.2, 0) is 0 Å². The highest BCUT2D eigenvalue weighted by molar-refractivity contribution is 5.98. The molecular weight excluding hydrogens is 188 g/mol. The number of nitrogens with zero attached hydrogens (tertiary/aromatic N) is 1. The van der Waals surface area contributed by atoms with Crippen LogP contribution in [0, 0.1) is 12.3 Å². The van der Waals surface area contributed by atoms with E-state index in [2.05, 4.69) is 13.0 Å². The lowest BCUT2D eigenvalue weighted by Gasteiger charge is -2.21. The molecule has 1 heterocycles. The summed E-state index contributed by atoms with van der Waals surface area (Å²) in [6, 6.07) is 6.08. The second-order valence-electron chi connectivity index (χ2n) is 3.88. The smallest absolute Gasteiger partial charge is 0.142 e. The monoisotopic (exact) mass is 204 g/mol. The number of hydrogen-bond acceptors (Lipinski definition) is 2. The summed E-state index contributed by atoms with van der Waals surface area (Å²) < 4.78 is 5.32. The van der Waals surface area contributed by atoms with Crippen molar-refractivity contribution in [3.63, 3.8) is 0 Å². The molecule has 0 radical (unpaired) electrons. The Morgan fingerprint density at radius 3 is 2.80 bits per heavy atom. The van der Waals surface area contributed by atoms with Gasteiger partial charge in [0.1, 0.15) is 11.6 Å². The van der Waals surface area contributed by atoms with E-state index >= 15 is 0 Å². The number of ether oxygens (including phenoxy) is 1. The number of methoxy groups -OCH3 is 1. The fourth-order valence-electron chi connectivity index (χ4n) is 1.95. The lowest BCUT2D eigenvalue weighted by Crippen LogP contribution is -2.23. The van der Waals surface area contributed by atoms with Crippen LogP contribution in [0.4, 0.5) is 5.69 Å². The van der Waals surface area contributed by atoms with E-state index in [1.54, 1.807) is 7.11 Å². The summed E-state index contributed by atoms with van der Waals surface area (Å²) >= 11 is 0. The highest BCUT2D eigenvalue weighted by Crippen LogP contribution is 2.32. The molecule has 0 spiro atoms. The molecule has 15 heavy (non-hydrogen) atoms. The molecular formula is C12H16N2O. The van der Waals surface area contributed by atoms with E-state index < -0.39 is 0 Å². The number of aryl methyl sites for hydroxylation is 1. The Kier molecular flexibility index (Phi) is 2.62. The van der Waals surface area contributed by atoms with Gasteiger partial charge in [-0.3, -0.25) is 5.41 Å². The van der Waals surface area contributed by atoms with Crippen molar-refractivity contribution in [1.29, 1.82) is 5.41 Å². The van der Waals surface area contributed by atoms with Crippen LogP contribution in [0.2, 0.25) is 0 Å². The maximum Gasteiger partial charge on any atom is 0.142 e. The zero-order valence-corrected chi connectivity index (χ0v) is 9.21. The summed E-state index contributed by atoms with van der Waals surface area (Å²) in [7, 11) is 1.67. The zero-order chi connectivity index (χ0) is 10.8. The number of nitrogens with one attached hydrogen (secondary N) is 1. The van der Waals surface area contributed by atoms with Crippen LogP contribution in [0.25, 0.3) is 0 Å². The van der Waals surface area contributed by atoms with E-state index in [1.165, 1.54) is 5.56 Å². The molecule has 0 atom stereocenters. The molecule has 0 aliphatic carbocycles. The fourth-order valence-corrected chi connectivity index (χ4v) is 1.95. The quantitative estimate of drug-likeness (QED) is 0.803. The maximum atomic E-state index is 7.86. The summed E-state index contributed by atoms with van der Waals surface area (Å²) in [5.74, 6) is 1.55. The molecule has 3 heteroatoms. The maximum absolute atomic E-state index is 7.86. The molecule has 0 bridgehead atoms. The van der Waals surface area contributed by atoms with E-state index in [0.29, 0.717) is 5.84 Å². The number of anilines is 1.